The number of halogens is 2. The lowest BCUT2D eigenvalue weighted by Gasteiger charge is -2.36. The number of aryl methyl sites for hydroxylation is 1. The average Bonchev–Trinajstić information content (AvgIpc) is 3.07. The molecular formula is C34H42F2N6O2. The van der Waals surface area contributed by atoms with Gasteiger partial charge in [0.1, 0.15) is 17.8 Å². The Labute approximate surface area is 261 Å². The predicted molar refractivity (Wildman–Crippen MR) is 166 cm³/mol. The number of pyridine rings is 1. The van der Waals surface area contributed by atoms with Crippen molar-refractivity contribution in [2.45, 2.75) is 88.6 Å². The number of rotatable bonds is 1. The minimum absolute atomic E-state index is 0.154. The Morgan fingerprint density at radius 1 is 1.05 bits per heavy atom. The zero-order chi connectivity index (χ0) is 33.2. The summed E-state index contributed by atoms with van der Waals surface area (Å²) in [6.45, 7) is 0.496. The van der Waals surface area contributed by atoms with Gasteiger partial charge in [0.2, 0.25) is 0 Å². The molecule has 1 atom stereocenters. The molecule has 0 amide bonds. The topological polar surface area (TPSA) is 96.1 Å². The highest BCUT2D eigenvalue weighted by Gasteiger charge is 2.43. The molecule has 8 nitrogen and oxygen atoms in total. The maximum atomic E-state index is 16.0. The van der Waals surface area contributed by atoms with Crippen LogP contribution in [0.1, 0.15) is 91.5 Å². The van der Waals surface area contributed by atoms with Crippen LogP contribution in [0.2, 0.25) is 0 Å². The van der Waals surface area contributed by atoms with E-state index in [9.17, 15) is 10.1 Å². The summed E-state index contributed by atoms with van der Waals surface area (Å²) < 4.78 is 64.4. The van der Waals surface area contributed by atoms with E-state index >= 15 is 8.78 Å². The first-order valence-electron chi connectivity index (χ1n) is 17.4. The molecule has 7 rings (SSSR count). The Balaban J connectivity index is 1.49. The fourth-order valence-electron chi connectivity index (χ4n) is 7.04. The summed E-state index contributed by atoms with van der Waals surface area (Å²) in [5.41, 5.74) is -0.754. The Morgan fingerprint density at radius 3 is 2.55 bits per heavy atom. The van der Waals surface area contributed by atoms with Crippen LogP contribution >= 0.6 is 0 Å². The van der Waals surface area contributed by atoms with E-state index in [0.29, 0.717) is 75.1 Å². The van der Waals surface area contributed by atoms with Crippen LogP contribution in [0.3, 0.4) is 0 Å². The predicted octanol–water partition coefficient (Wildman–Crippen LogP) is 6.30. The molecule has 0 spiro atoms. The fourth-order valence-corrected chi connectivity index (χ4v) is 7.04. The van der Waals surface area contributed by atoms with Gasteiger partial charge in [-0.05, 0) is 82.7 Å². The number of ether oxygens (including phenoxy) is 1. The minimum atomic E-state index is -3.12. The van der Waals surface area contributed by atoms with Crippen molar-refractivity contribution in [2.24, 2.45) is 5.92 Å². The lowest BCUT2D eigenvalue weighted by molar-refractivity contribution is -0.0855. The van der Waals surface area contributed by atoms with Crippen LogP contribution in [0.25, 0.3) is 11.0 Å². The number of hydrogen-bond acceptors (Lipinski definition) is 7. The van der Waals surface area contributed by atoms with Crippen molar-refractivity contribution in [3.05, 3.63) is 63.7 Å². The van der Waals surface area contributed by atoms with Crippen LogP contribution in [-0.2, 0) is 22.6 Å². The van der Waals surface area contributed by atoms with E-state index < -0.39 is 30.1 Å². The van der Waals surface area contributed by atoms with Crippen LogP contribution < -0.4 is 10.9 Å². The summed E-state index contributed by atoms with van der Waals surface area (Å²) in [5.74, 6) is -3.80. The maximum absolute atomic E-state index is 16.0. The van der Waals surface area contributed by atoms with Gasteiger partial charge in [0, 0.05) is 47.0 Å². The Morgan fingerprint density at radius 2 is 1.80 bits per heavy atom. The van der Waals surface area contributed by atoms with Gasteiger partial charge in [-0.2, -0.15) is 5.26 Å². The van der Waals surface area contributed by atoms with Crippen LogP contribution in [0, 0.1) is 17.2 Å². The molecule has 6 heterocycles. The molecule has 234 valence electrons. The first-order valence-corrected chi connectivity index (χ1v) is 15.9. The van der Waals surface area contributed by atoms with Gasteiger partial charge in [0.05, 0.1) is 16.9 Å². The lowest BCUT2D eigenvalue weighted by Crippen LogP contribution is -2.40. The lowest BCUT2D eigenvalue weighted by atomic mass is 9.75. The highest BCUT2D eigenvalue weighted by atomic mass is 19.3. The molecule has 10 heteroatoms. The van der Waals surface area contributed by atoms with Crippen LogP contribution in [0.15, 0.2) is 41.5 Å². The third-order valence-corrected chi connectivity index (χ3v) is 9.80. The van der Waals surface area contributed by atoms with Gasteiger partial charge in [-0.15, -0.1) is 0 Å². The molecule has 44 heavy (non-hydrogen) atoms. The van der Waals surface area contributed by atoms with Crippen LogP contribution in [-0.4, -0.2) is 52.3 Å². The van der Waals surface area contributed by atoms with E-state index in [1.807, 2.05) is 0 Å². The zero-order valence-electron chi connectivity index (χ0n) is 28.0. The molecule has 2 fully saturated rings. The van der Waals surface area contributed by atoms with Crippen molar-refractivity contribution in [1.82, 2.24) is 19.4 Å². The van der Waals surface area contributed by atoms with Gasteiger partial charge in [0.25, 0.3) is 11.5 Å². The highest BCUT2D eigenvalue weighted by Crippen LogP contribution is 2.42. The normalized spacial score (nSPS) is 27.2. The van der Waals surface area contributed by atoms with Crippen LogP contribution in [0.5, 0.6) is 0 Å². The number of anilines is 1. The van der Waals surface area contributed by atoms with E-state index in [2.05, 4.69) is 26.3 Å². The van der Waals surface area contributed by atoms with Crippen molar-refractivity contribution in [3.63, 3.8) is 0 Å². The number of hydrogen-bond donors (Lipinski definition) is 1. The Kier molecular flexibility index (Phi) is 7.90. The van der Waals surface area contributed by atoms with Crippen molar-refractivity contribution >= 4 is 16.9 Å². The summed E-state index contributed by atoms with van der Waals surface area (Å²) in [4.78, 5) is 25.3. The fraction of sp³-hybridized carbons (Fsp3) is 0.588. The Bertz CT molecular complexity index is 1680. The van der Waals surface area contributed by atoms with Gasteiger partial charge >= 0.3 is 0 Å². The number of fused-ring (bicyclic) bond motifs is 9. The molecule has 0 unspecified atom stereocenters. The molecule has 3 aromatic rings. The zero-order valence-corrected chi connectivity index (χ0v) is 25.0. The van der Waals surface area contributed by atoms with Gasteiger partial charge in [-0.3, -0.25) is 9.36 Å². The molecule has 1 aromatic carbocycles. The number of alkyl halides is 2. The summed E-state index contributed by atoms with van der Waals surface area (Å²) in [6.07, 6.45) is 7.27. The number of benzene rings is 1. The average molecular weight is 608 g/mol. The molecule has 4 aliphatic rings. The SMILES string of the molecule is [2H]C([2H])([2H])[C@H]1Nc2ncnc3c2cc(C2(C#N)CCOCC2)c(=O)n3CCCCCCCN2CCC(CC2)C(F)(F)c2cccc1c2. The summed E-state index contributed by atoms with van der Waals surface area (Å²) in [5, 5.41) is 13.8. The first kappa shape index (κ1) is 26.9. The molecule has 0 radical (unpaired) electrons. The monoisotopic (exact) mass is 607 g/mol. The second kappa shape index (κ2) is 12.9. The van der Waals surface area contributed by atoms with Gasteiger partial charge in [0.15, 0.2) is 0 Å². The molecule has 0 aliphatic carbocycles. The quantitative estimate of drug-likeness (QED) is 0.347. The van der Waals surface area contributed by atoms with Crippen molar-refractivity contribution in [3.8, 4) is 6.07 Å². The second-order valence-electron chi connectivity index (χ2n) is 12.5. The number of aromatic nitrogens is 3. The summed E-state index contributed by atoms with van der Waals surface area (Å²) >= 11 is 0. The molecule has 0 saturated carbocycles. The molecule has 2 aromatic heterocycles. The van der Waals surface area contributed by atoms with Gasteiger partial charge < -0.3 is 15.0 Å². The number of nitrogens with zero attached hydrogens (tertiary/aromatic N) is 5. The third-order valence-electron chi connectivity index (χ3n) is 9.80. The van der Waals surface area contributed by atoms with Gasteiger partial charge in [-0.1, -0.05) is 37.5 Å². The summed E-state index contributed by atoms with van der Waals surface area (Å²) in [6, 6.07) is 8.34. The largest absolute Gasteiger partial charge is 0.381 e. The minimum Gasteiger partial charge on any atom is -0.381 e. The smallest absolute Gasteiger partial charge is 0.276 e. The molecule has 1 N–H and O–H groups in total. The van der Waals surface area contributed by atoms with E-state index in [-0.39, 0.29) is 22.5 Å². The molecule has 2 saturated heterocycles. The number of piperidine rings is 1. The first-order chi connectivity index (χ1) is 22.5. The molecule has 8 bridgehead atoms. The van der Waals surface area contributed by atoms with E-state index in [1.165, 1.54) is 24.5 Å². The molecular weight excluding hydrogens is 562 g/mol. The maximum Gasteiger partial charge on any atom is 0.276 e. The van der Waals surface area contributed by atoms with Crippen molar-refractivity contribution in [2.75, 3.05) is 38.2 Å². The number of nitriles is 1. The third kappa shape index (κ3) is 5.96. The van der Waals surface area contributed by atoms with E-state index in [1.54, 1.807) is 16.7 Å². The number of nitrogens with one attached hydrogen (secondary N) is 1. The second-order valence-corrected chi connectivity index (χ2v) is 12.5. The summed E-state index contributed by atoms with van der Waals surface area (Å²) in [7, 11) is 0. The molecule has 4 aliphatic heterocycles. The van der Waals surface area contributed by atoms with E-state index in [0.717, 1.165) is 38.6 Å². The van der Waals surface area contributed by atoms with E-state index in [4.69, 9.17) is 8.85 Å². The Hall–Kier alpha value is -3.42. The highest BCUT2D eigenvalue weighted by molar-refractivity contribution is 5.87. The van der Waals surface area contributed by atoms with Crippen molar-refractivity contribution in [1.29, 1.82) is 5.26 Å². The standard InChI is InChI=1S/C34H42F2N6O2/c1-24-25-8-7-9-27(20-25)34(35,36)26-10-16-41(17-11-26)14-5-3-2-4-6-15-42-31-28(30(40-24)38-23-39-31)21-29(32(42)43)33(22-37)12-18-44-19-13-33/h7-9,20-21,23-24,26H,2-6,10-19H2,1H3,(H,38,39,40)/t24-/m1/s1/i1D3. The van der Waals surface area contributed by atoms with Crippen LogP contribution in [0.4, 0.5) is 14.6 Å². The van der Waals surface area contributed by atoms with Gasteiger partial charge in [-0.25, -0.2) is 18.7 Å². The van der Waals surface area contributed by atoms with Crippen molar-refractivity contribution < 1.29 is 17.6 Å².